The van der Waals surface area contributed by atoms with Crippen molar-refractivity contribution in [3.8, 4) is 17.2 Å². The smallest absolute Gasteiger partial charge is 0.252 e. The largest absolute Gasteiger partial charge is 0.507 e. The van der Waals surface area contributed by atoms with Gasteiger partial charge in [-0.05, 0) is 44.9 Å². The summed E-state index contributed by atoms with van der Waals surface area (Å²) < 4.78 is 24.0. The number of ether oxygens (including phenoxy) is 4. The number of Topliss-reactive ketones (excluding diaryl/α,β-unsaturated/α-hetero) is 1. The molecule has 3 aromatic rings. The number of likely N-dealkylation sites (tertiary alicyclic amines) is 1. The molecule has 0 bridgehead atoms. The highest BCUT2D eigenvalue weighted by Crippen LogP contribution is 2.61. The summed E-state index contributed by atoms with van der Waals surface area (Å²) in [6.45, 7) is 2.22. The zero-order valence-corrected chi connectivity index (χ0v) is 32.2. The summed E-state index contributed by atoms with van der Waals surface area (Å²) in [5.41, 5.74) is -2.83. The van der Waals surface area contributed by atoms with Crippen LogP contribution in [0.3, 0.4) is 0 Å². The highest BCUT2D eigenvalue weighted by molar-refractivity contribution is 6.31. The molecule has 18 heteroatoms. The number of nitrogens with zero attached hydrogens (tertiary/aromatic N) is 2. The number of amides is 3. The molecule has 0 spiro atoms. The van der Waals surface area contributed by atoms with E-state index in [0.717, 1.165) is 0 Å². The second kappa shape index (κ2) is 14.8. The quantitative estimate of drug-likeness (QED) is 0.125. The van der Waals surface area contributed by atoms with E-state index in [9.17, 15) is 49.2 Å². The lowest BCUT2D eigenvalue weighted by atomic mass is 9.68. The first kappa shape index (κ1) is 40.0. The minimum Gasteiger partial charge on any atom is -0.507 e. The molecule has 1 aromatic heterocycles. The van der Waals surface area contributed by atoms with Crippen LogP contribution in [0.25, 0.3) is 0 Å². The Balaban J connectivity index is 1.05. The number of nitrogens with one attached hydrogen (secondary N) is 2. The maximum atomic E-state index is 14.1. The number of aliphatic hydroxyl groups is 3. The standard InChI is InChI=1S/C41H42N4O14/c1-18(43-37(52)20-9-11-42-12-10-20)39(54)45-13-5-7-24(45)38(53)44-23-14-27(57-19(2)32(23)48)58-41-17-40(55,26(47)16-46)15-22-31(41)36(59-41)30-29(34(22)50)33(49)21-6-4-8-25(56-3)28(21)35(30)51/h4,6,8-12,18-19,23-24,27,32,46,48,50,55H,5,7,13-17H2,1-3H3,(H,43,52)(H,44,53)/t18-,19?,23?,24+,27?,32?,40+,41-/m1/s1. The number of hydrogen-bond acceptors (Lipinski definition) is 15. The van der Waals surface area contributed by atoms with Crippen LogP contribution in [0.1, 0.15) is 92.9 Å². The zero-order chi connectivity index (χ0) is 42.1. The van der Waals surface area contributed by atoms with Gasteiger partial charge < -0.3 is 54.9 Å². The number of hydrogen-bond donors (Lipinski definition) is 6. The number of ketones is 3. The average molecular weight is 815 g/mol. The van der Waals surface area contributed by atoms with E-state index in [1.807, 2.05) is 0 Å². The number of fused-ring (bicyclic) bond motifs is 3. The Labute approximate surface area is 336 Å². The number of aromatic hydroxyl groups is 1. The number of phenolic OH excluding ortho intramolecular Hbond substituents is 1. The van der Waals surface area contributed by atoms with Gasteiger partial charge in [-0.3, -0.25) is 33.8 Å². The van der Waals surface area contributed by atoms with Crippen LogP contribution >= 0.6 is 0 Å². The monoisotopic (exact) mass is 814 g/mol. The van der Waals surface area contributed by atoms with Gasteiger partial charge in [-0.1, -0.05) is 12.1 Å². The van der Waals surface area contributed by atoms with Crippen molar-refractivity contribution in [2.75, 3.05) is 20.3 Å². The molecule has 18 nitrogen and oxygen atoms in total. The highest BCUT2D eigenvalue weighted by atomic mass is 16.8. The fraction of sp³-hybridized carbons (Fsp3) is 0.439. The summed E-state index contributed by atoms with van der Waals surface area (Å²) in [6, 6.07) is 4.52. The molecule has 310 valence electrons. The fourth-order valence-electron chi connectivity index (χ4n) is 8.92. The van der Waals surface area contributed by atoms with Crippen molar-refractivity contribution in [1.82, 2.24) is 20.5 Å². The minimum atomic E-state index is -2.38. The van der Waals surface area contributed by atoms with Crippen molar-refractivity contribution in [3.63, 3.8) is 0 Å². The number of methoxy groups -OCH3 is 1. The van der Waals surface area contributed by atoms with Crippen molar-refractivity contribution < 1.29 is 68.1 Å². The van der Waals surface area contributed by atoms with Crippen LogP contribution in [-0.4, -0.2) is 128 Å². The van der Waals surface area contributed by atoms with Gasteiger partial charge in [0.15, 0.2) is 17.9 Å². The first-order valence-corrected chi connectivity index (χ1v) is 19.2. The average Bonchev–Trinajstić information content (AvgIpc) is 3.71. The van der Waals surface area contributed by atoms with E-state index in [0.29, 0.717) is 18.4 Å². The summed E-state index contributed by atoms with van der Waals surface area (Å²) >= 11 is 0. The van der Waals surface area contributed by atoms with Gasteiger partial charge in [-0.2, -0.15) is 0 Å². The van der Waals surface area contributed by atoms with E-state index in [1.165, 1.54) is 68.6 Å². The van der Waals surface area contributed by atoms with Gasteiger partial charge in [0.2, 0.25) is 23.4 Å². The number of benzene rings is 2. The van der Waals surface area contributed by atoms with Crippen molar-refractivity contribution in [1.29, 1.82) is 0 Å². The summed E-state index contributed by atoms with van der Waals surface area (Å²) in [7, 11) is 1.34. The Hall–Kier alpha value is -5.79. The lowest BCUT2D eigenvalue weighted by Crippen LogP contribution is -2.63. The molecule has 5 aliphatic rings. The van der Waals surface area contributed by atoms with Crippen LogP contribution in [0.4, 0.5) is 0 Å². The number of aliphatic hydroxyl groups excluding tert-OH is 2. The third-order valence-electron chi connectivity index (χ3n) is 11.9. The normalized spacial score (nSPS) is 28.2. The summed E-state index contributed by atoms with van der Waals surface area (Å²) in [6.07, 6.45) is -1.22. The number of phenols is 1. The van der Waals surface area contributed by atoms with E-state index >= 15 is 0 Å². The maximum absolute atomic E-state index is 14.1. The van der Waals surface area contributed by atoms with Gasteiger partial charge in [0.25, 0.3) is 5.91 Å². The van der Waals surface area contributed by atoms with Crippen molar-refractivity contribution in [2.45, 2.75) is 94.0 Å². The molecule has 4 unspecified atom stereocenters. The molecule has 2 saturated heterocycles. The van der Waals surface area contributed by atoms with Crippen LogP contribution in [-0.2, 0) is 36.1 Å². The topological polar surface area (TPSA) is 260 Å². The van der Waals surface area contributed by atoms with Gasteiger partial charge in [-0.25, -0.2) is 0 Å². The zero-order valence-electron chi connectivity index (χ0n) is 32.2. The molecule has 8 atom stereocenters. The maximum Gasteiger partial charge on any atom is 0.252 e. The van der Waals surface area contributed by atoms with Crippen molar-refractivity contribution in [3.05, 3.63) is 81.7 Å². The summed E-state index contributed by atoms with van der Waals surface area (Å²) in [5, 5.41) is 50.0. The Bertz CT molecular complexity index is 2300. The van der Waals surface area contributed by atoms with Crippen molar-refractivity contribution >= 4 is 35.1 Å². The van der Waals surface area contributed by atoms with Crippen LogP contribution in [0.15, 0.2) is 42.7 Å². The Morgan fingerprint density at radius 2 is 1.83 bits per heavy atom. The molecule has 2 aliphatic carbocycles. The molecular formula is C41H42N4O14. The molecule has 3 amide bonds. The number of aromatic nitrogens is 1. The number of carbonyl (C=O) groups excluding carboxylic acids is 6. The molecule has 4 heterocycles. The van der Waals surface area contributed by atoms with Crippen LogP contribution in [0, 0.1) is 0 Å². The lowest BCUT2D eigenvalue weighted by molar-refractivity contribution is -0.345. The second-order valence-electron chi connectivity index (χ2n) is 15.5. The van der Waals surface area contributed by atoms with Crippen LogP contribution in [0.5, 0.6) is 17.2 Å². The SMILES string of the molecule is COc1cccc2c1C(=O)c1c3c4c(c(O)c1C2=O)C[C@@](O)(C(=O)CO)C[C@@]4(OC1CC(NC(=O)[C@@H]2CCCN2C(=O)[C@@H](C)NC(=O)c2ccncc2)C(O)C(C)O1)O3. The van der Waals surface area contributed by atoms with E-state index in [-0.39, 0.29) is 52.3 Å². The molecule has 6 N–H and O–H groups in total. The van der Waals surface area contributed by atoms with Gasteiger partial charge in [0.1, 0.15) is 47.6 Å². The number of carbonyl (C=O) groups is 6. The predicted octanol–water partition coefficient (Wildman–Crippen LogP) is 0.162. The molecule has 0 radical (unpaired) electrons. The molecule has 3 aliphatic heterocycles. The Morgan fingerprint density at radius 1 is 1.08 bits per heavy atom. The molecule has 0 saturated carbocycles. The van der Waals surface area contributed by atoms with E-state index in [4.69, 9.17) is 18.9 Å². The van der Waals surface area contributed by atoms with E-state index in [2.05, 4.69) is 15.6 Å². The molecule has 8 rings (SSSR count). The Morgan fingerprint density at radius 3 is 2.54 bits per heavy atom. The van der Waals surface area contributed by atoms with Crippen molar-refractivity contribution in [2.24, 2.45) is 0 Å². The van der Waals surface area contributed by atoms with Crippen LogP contribution < -0.4 is 20.1 Å². The predicted molar refractivity (Wildman–Crippen MR) is 200 cm³/mol. The first-order chi connectivity index (χ1) is 28.1. The molecular weight excluding hydrogens is 772 g/mol. The van der Waals surface area contributed by atoms with Gasteiger partial charge in [0, 0.05) is 48.5 Å². The third kappa shape index (κ3) is 6.42. The lowest BCUT2D eigenvalue weighted by Gasteiger charge is -2.54. The fourth-order valence-corrected chi connectivity index (χ4v) is 8.92. The summed E-state index contributed by atoms with van der Waals surface area (Å²) in [5.74, 6) is -6.72. The van der Waals surface area contributed by atoms with E-state index in [1.54, 1.807) is 0 Å². The van der Waals surface area contributed by atoms with Gasteiger partial charge in [0.05, 0.1) is 47.9 Å². The summed E-state index contributed by atoms with van der Waals surface area (Å²) in [4.78, 5) is 86.4. The van der Waals surface area contributed by atoms with Gasteiger partial charge >= 0.3 is 0 Å². The van der Waals surface area contributed by atoms with E-state index < -0.39 is 114 Å². The first-order valence-electron chi connectivity index (χ1n) is 19.2. The molecule has 2 fully saturated rings. The molecule has 59 heavy (non-hydrogen) atoms. The third-order valence-corrected chi connectivity index (χ3v) is 11.9. The second-order valence-corrected chi connectivity index (χ2v) is 15.5. The van der Waals surface area contributed by atoms with Crippen LogP contribution in [0.2, 0.25) is 0 Å². The Kier molecular flexibility index (Phi) is 10.0. The van der Waals surface area contributed by atoms with Gasteiger partial charge in [-0.15, -0.1) is 0 Å². The number of pyridine rings is 1. The molecule has 2 aromatic carbocycles. The minimum absolute atomic E-state index is 0.0349. The number of rotatable bonds is 10. The highest BCUT2D eigenvalue weighted by Gasteiger charge is 2.64.